The molecule has 15 heavy (non-hydrogen) atoms. The van der Waals surface area contributed by atoms with Crippen LogP contribution in [0, 0.1) is 18.3 Å². The summed E-state index contributed by atoms with van der Waals surface area (Å²) < 4.78 is 0. The molecule has 0 atom stereocenters. The molecular formula is C12H13N3. The minimum atomic E-state index is 0.731. The van der Waals surface area contributed by atoms with Crippen molar-refractivity contribution in [2.75, 3.05) is 19.0 Å². The van der Waals surface area contributed by atoms with Crippen LogP contribution in [0.4, 0.5) is 5.69 Å². The summed E-state index contributed by atoms with van der Waals surface area (Å²) in [6.45, 7) is 2.01. The Morgan fingerprint density at radius 1 is 1.33 bits per heavy atom. The third kappa shape index (κ3) is 1.35. The predicted molar refractivity (Wildman–Crippen MR) is 62.1 cm³/mol. The van der Waals surface area contributed by atoms with Crippen LogP contribution in [0.25, 0.3) is 10.9 Å². The Balaban J connectivity index is 2.87. The van der Waals surface area contributed by atoms with Gasteiger partial charge in [-0.15, -0.1) is 0 Å². The number of hydrogen-bond acceptors (Lipinski definition) is 2. The van der Waals surface area contributed by atoms with Crippen molar-refractivity contribution in [3.8, 4) is 6.07 Å². The molecule has 1 aromatic carbocycles. The van der Waals surface area contributed by atoms with Gasteiger partial charge in [0, 0.05) is 25.7 Å². The fourth-order valence-electron chi connectivity index (χ4n) is 1.87. The molecule has 0 radical (unpaired) electrons. The van der Waals surface area contributed by atoms with Gasteiger partial charge < -0.3 is 9.88 Å². The molecule has 0 fully saturated rings. The highest BCUT2D eigenvalue weighted by molar-refractivity contribution is 5.97. The van der Waals surface area contributed by atoms with Gasteiger partial charge in [-0.3, -0.25) is 0 Å². The van der Waals surface area contributed by atoms with Gasteiger partial charge in [-0.25, -0.2) is 0 Å². The molecule has 0 saturated heterocycles. The number of nitrogens with zero attached hydrogens (tertiary/aromatic N) is 2. The first-order valence-corrected chi connectivity index (χ1v) is 4.83. The summed E-state index contributed by atoms with van der Waals surface area (Å²) in [6.07, 6.45) is 1.94. The van der Waals surface area contributed by atoms with Crippen LogP contribution in [0.1, 0.15) is 11.1 Å². The van der Waals surface area contributed by atoms with Crippen molar-refractivity contribution in [3.63, 3.8) is 0 Å². The van der Waals surface area contributed by atoms with Crippen LogP contribution in [0.3, 0.4) is 0 Å². The van der Waals surface area contributed by atoms with Crippen molar-refractivity contribution in [2.45, 2.75) is 6.92 Å². The molecule has 76 valence electrons. The molecule has 1 aromatic heterocycles. The number of hydrogen-bond donors (Lipinski definition) is 1. The van der Waals surface area contributed by atoms with E-state index in [2.05, 4.69) is 11.1 Å². The van der Waals surface area contributed by atoms with Gasteiger partial charge in [-0.2, -0.15) is 5.26 Å². The summed E-state index contributed by atoms with van der Waals surface area (Å²) in [5, 5.41) is 10.1. The first-order valence-electron chi connectivity index (χ1n) is 4.83. The summed E-state index contributed by atoms with van der Waals surface area (Å²) in [7, 11) is 3.99. The monoisotopic (exact) mass is 199 g/mol. The molecule has 0 bridgehead atoms. The third-order valence-corrected chi connectivity index (χ3v) is 2.61. The number of nitriles is 1. The van der Waals surface area contributed by atoms with Crippen LogP contribution >= 0.6 is 0 Å². The number of fused-ring (bicyclic) bond motifs is 1. The summed E-state index contributed by atoms with van der Waals surface area (Å²) in [5.41, 5.74) is 3.99. The number of rotatable bonds is 1. The van der Waals surface area contributed by atoms with Crippen molar-refractivity contribution >= 4 is 16.6 Å². The lowest BCUT2D eigenvalue weighted by Crippen LogP contribution is -2.09. The maximum Gasteiger partial charge on any atom is 0.0998 e. The number of anilines is 1. The highest BCUT2D eigenvalue weighted by Crippen LogP contribution is 2.29. The van der Waals surface area contributed by atoms with Crippen molar-refractivity contribution in [1.29, 1.82) is 5.26 Å². The highest BCUT2D eigenvalue weighted by atomic mass is 15.1. The summed E-state index contributed by atoms with van der Waals surface area (Å²) in [6, 6.07) is 6.07. The van der Waals surface area contributed by atoms with Crippen molar-refractivity contribution in [1.82, 2.24) is 4.98 Å². The second-order valence-electron chi connectivity index (χ2n) is 3.86. The van der Waals surface area contributed by atoms with Crippen LogP contribution in [0.5, 0.6) is 0 Å². The van der Waals surface area contributed by atoms with E-state index in [4.69, 9.17) is 5.26 Å². The van der Waals surface area contributed by atoms with E-state index in [0.29, 0.717) is 0 Å². The van der Waals surface area contributed by atoms with E-state index < -0.39 is 0 Å². The SMILES string of the molecule is Cc1c[nH]c2c(N(C)C)ccc(C#N)c12. The Hall–Kier alpha value is -1.95. The van der Waals surface area contributed by atoms with Crippen molar-refractivity contribution in [2.24, 2.45) is 0 Å². The van der Waals surface area contributed by atoms with E-state index in [9.17, 15) is 0 Å². The molecule has 0 unspecified atom stereocenters. The Kier molecular flexibility index (Phi) is 2.12. The molecule has 0 aliphatic carbocycles. The van der Waals surface area contributed by atoms with Gasteiger partial charge in [-0.05, 0) is 24.6 Å². The quantitative estimate of drug-likeness (QED) is 0.766. The van der Waals surface area contributed by atoms with E-state index in [1.807, 2.05) is 44.2 Å². The fraction of sp³-hybridized carbons (Fsp3) is 0.250. The zero-order valence-electron chi connectivity index (χ0n) is 9.13. The fourth-order valence-corrected chi connectivity index (χ4v) is 1.87. The van der Waals surface area contributed by atoms with Gasteiger partial charge in [0.1, 0.15) is 0 Å². The van der Waals surface area contributed by atoms with E-state index >= 15 is 0 Å². The third-order valence-electron chi connectivity index (χ3n) is 2.61. The van der Waals surface area contributed by atoms with E-state index in [1.54, 1.807) is 0 Å². The lowest BCUT2D eigenvalue weighted by atomic mass is 10.1. The molecule has 0 spiro atoms. The number of aryl methyl sites for hydroxylation is 1. The topological polar surface area (TPSA) is 42.8 Å². The smallest absolute Gasteiger partial charge is 0.0998 e. The molecule has 0 saturated carbocycles. The van der Waals surface area contributed by atoms with Gasteiger partial charge in [0.25, 0.3) is 0 Å². The van der Waals surface area contributed by atoms with Crippen molar-refractivity contribution < 1.29 is 0 Å². The van der Waals surface area contributed by atoms with Gasteiger partial charge in [-0.1, -0.05) is 0 Å². The van der Waals surface area contributed by atoms with Crippen molar-refractivity contribution in [3.05, 3.63) is 29.5 Å². The lowest BCUT2D eigenvalue weighted by Gasteiger charge is -2.13. The molecule has 2 aromatic rings. The molecule has 0 aliphatic rings. The minimum Gasteiger partial charge on any atom is -0.376 e. The molecule has 0 amide bonds. The molecular weight excluding hydrogens is 186 g/mol. The lowest BCUT2D eigenvalue weighted by molar-refractivity contribution is 1.14. The molecule has 3 nitrogen and oxygen atoms in total. The Labute approximate surface area is 88.9 Å². The molecule has 3 heteroatoms. The summed E-state index contributed by atoms with van der Waals surface area (Å²) in [5.74, 6) is 0. The number of aromatic nitrogens is 1. The number of benzene rings is 1. The minimum absolute atomic E-state index is 0.731. The highest BCUT2D eigenvalue weighted by Gasteiger charge is 2.10. The van der Waals surface area contributed by atoms with Crippen LogP contribution in [-0.4, -0.2) is 19.1 Å². The van der Waals surface area contributed by atoms with Gasteiger partial charge >= 0.3 is 0 Å². The van der Waals surface area contributed by atoms with Crippen LogP contribution < -0.4 is 4.90 Å². The number of aromatic amines is 1. The summed E-state index contributed by atoms with van der Waals surface area (Å²) in [4.78, 5) is 5.26. The molecule has 1 heterocycles. The van der Waals surface area contributed by atoms with E-state index in [-0.39, 0.29) is 0 Å². The first-order chi connectivity index (χ1) is 7.15. The maximum atomic E-state index is 9.03. The predicted octanol–water partition coefficient (Wildman–Crippen LogP) is 2.41. The van der Waals surface area contributed by atoms with E-state index in [1.165, 1.54) is 0 Å². The number of H-pyrrole nitrogens is 1. The van der Waals surface area contributed by atoms with Crippen LogP contribution in [-0.2, 0) is 0 Å². The average molecular weight is 199 g/mol. The molecule has 2 rings (SSSR count). The first kappa shape index (κ1) is 9.60. The zero-order valence-corrected chi connectivity index (χ0v) is 9.13. The largest absolute Gasteiger partial charge is 0.376 e. The van der Waals surface area contributed by atoms with Crippen LogP contribution in [0.2, 0.25) is 0 Å². The standard InChI is InChI=1S/C12H13N3/c1-8-7-14-12-10(15(2)3)5-4-9(6-13)11(8)12/h4-5,7,14H,1-3H3. The summed E-state index contributed by atoms with van der Waals surface area (Å²) >= 11 is 0. The Morgan fingerprint density at radius 3 is 2.67 bits per heavy atom. The van der Waals surface area contributed by atoms with Gasteiger partial charge in [0.15, 0.2) is 0 Å². The maximum absolute atomic E-state index is 9.03. The zero-order chi connectivity index (χ0) is 11.0. The number of nitrogens with one attached hydrogen (secondary N) is 1. The average Bonchev–Trinajstić information content (AvgIpc) is 2.60. The Morgan fingerprint density at radius 2 is 2.07 bits per heavy atom. The van der Waals surface area contributed by atoms with Crippen LogP contribution in [0.15, 0.2) is 18.3 Å². The van der Waals surface area contributed by atoms with Gasteiger partial charge in [0.2, 0.25) is 0 Å². The Bertz CT molecular complexity index is 544. The van der Waals surface area contributed by atoms with E-state index in [0.717, 1.165) is 27.7 Å². The normalized spacial score (nSPS) is 10.3. The van der Waals surface area contributed by atoms with Gasteiger partial charge in [0.05, 0.1) is 22.8 Å². The molecule has 1 N–H and O–H groups in total. The second kappa shape index (κ2) is 3.32. The molecule has 0 aliphatic heterocycles. The second-order valence-corrected chi connectivity index (χ2v) is 3.86.